The van der Waals surface area contributed by atoms with Gasteiger partial charge >= 0.3 is 0 Å². The summed E-state index contributed by atoms with van der Waals surface area (Å²) in [5.41, 5.74) is 20.1. The molecule has 1 atom stereocenters. The van der Waals surface area contributed by atoms with E-state index in [-0.39, 0.29) is 0 Å². The van der Waals surface area contributed by atoms with Crippen LogP contribution < -0.4 is 9.80 Å². The van der Waals surface area contributed by atoms with E-state index in [0.717, 1.165) is 28.4 Å². The molecule has 11 aromatic rings. The van der Waals surface area contributed by atoms with E-state index in [9.17, 15) is 0 Å². The zero-order valence-corrected chi connectivity index (χ0v) is 36.9. The Balaban J connectivity index is 1.05. The van der Waals surface area contributed by atoms with Crippen molar-refractivity contribution in [1.29, 1.82) is 0 Å². The van der Waals surface area contributed by atoms with Crippen molar-refractivity contribution in [3.05, 3.63) is 276 Å². The lowest BCUT2D eigenvalue weighted by atomic mass is 9.72. The van der Waals surface area contributed by atoms with E-state index in [1.807, 2.05) is 11.3 Å². The van der Waals surface area contributed by atoms with Gasteiger partial charge in [0.25, 0.3) is 0 Å². The minimum atomic E-state index is -0.589. The van der Waals surface area contributed by atoms with Crippen molar-refractivity contribution in [2.75, 3.05) is 9.80 Å². The van der Waals surface area contributed by atoms with Crippen LogP contribution in [0.5, 0.6) is 0 Å². The maximum atomic E-state index is 2.51. The van der Waals surface area contributed by atoms with E-state index < -0.39 is 5.41 Å². The smallest absolute Gasteiger partial charge is 0.0840 e. The Bertz CT molecular complexity index is 3540. The highest BCUT2D eigenvalue weighted by Gasteiger charge is 2.55. The van der Waals surface area contributed by atoms with E-state index in [1.54, 1.807) is 0 Å². The van der Waals surface area contributed by atoms with Crippen LogP contribution >= 0.6 is 11.3 Å². The van der Waals surface area contributed by atoms with Crippen LogP contribution in [0.3, 0.4) is 0 Å². The van der Waals surface area contributed by atoms with Crippen molar-refractivity contribution in [3.63, 3.8) is 0 Å². The highest BCUT2D eigenvalue weighted by atomic mass is 32.1. The van der Waals surface area contributed by atoms with E-state index >= 15 is 0 Å². The van der Waals surface area contributed by atoms with Gasteiger partial charge in [-0.25, -0.2) is 0 Å². The van der Waals surface area contributed by atoms with Gasteiger partial charge in [-0.05, 0) is 129 Å². The van der Waals surface area contributed by atoms with Gasteiger partial charge < -0.3 is 9.80 Å². The Labute approximate surface area is 389 Å². The highest BCUT2D eigenvalue weighted by Crippen LogP contribution is 2.68. The fourth-order valence-electron chi connectivity index (χ4n) is 10.9. The first kappa shape index (κ1) is 38.2. The second-order valence-corrected chi connectivity index (χ2v) is 18.3. The summed E-state index contributed by atoms with van der Waals surface area (Å²) in [5, 5.41) is 1.31. The molecule has 0 bridgehead atoms. The van der Waals surface area contributed by atoms with Gasteiger partial charge in [0.1, 0.15) is 0 Å². The summed E-state index contributed by atoms with van der Waals surface area (Å²) in [6.45, 7) is 0. The summed E-state index contributed by atoms with van der Waals surface area (Å²) in [6, 6.07) is 93.5. The van der Waals surface area contributed by atoms with E-state index in [2.05, 4.69) is 265 Å². The molecule has 310 valence electrons. The third-order valence-corrected chi connectivity index (χ3v) is 14.9. The molecule has 1 unspecified atom stereocenters. The number of hydrogen-bond donors (Lipinski definition) is 0. The molecule has 1 heterocycles. The molecule has 66 heavy (non-hydrogen) atoms. The lowest BCUT2D eigenvalue weighted by Gasteiger charge is -2.35. The number of hydrogen-bond acceptors (Lipinski definition) is 3. The molecule has 1 aromatic heterocycles. The van der Waals surface area contributed by atoms with Gasteiger partial charge in [0.15, 0.2) is 0 Å². The molecule has 0 aliphatic heterocycles. The van der Waals surface area contributed by atoms with Crippen molar-refractivity contribution in [2.45, 2.75) is 5.41 Å². The largest absolute Gasteiger partial charge is 0.311 e. The topological polar surface area (TPSA) is 6.48 Å². The van der Waals surface area contributed by atoms with E-state index in [4.69, 9.17) is 0 Å². The first-order chi connectivity index (χ1) is 32.8. The molecular formula is C63H42N2S. The van der Waals surface area contributed by atoms with Gasteiger partial charge in [-0.3, -0.25) is 0 Å². The molecule has 2 aliphatic rings. The standard InChI is InChI=1S/C63H42N2S/c1-5-19-43(20-6-1)45-21-17-28-51(41-45)65(49-26-11-4-12-27-49)58-33-18-31-55-60-54-30-14-16-34-59(54)66-62(60)63(61(55)58)56-32-15-13-29-52(56)53-40-37-46(42-57(53)63)44-35-38-50(39-36-44)64(47-22-7-2-8-23-47)48-24-9-3-10-25-48/h1-42H. The second-order valence-electron chi connectivity index (χ2n) is 17.2. The lowest BCUT2D eigenvalue weighted by molar-refractivity contribution is 0.811. The summed E-state index contributed by atoms with van der Waals surface area (Å²) in [5.74, 6) is 0. The maximum absolute atomic E-state index is 2.51. The third kappa shape index (κ3) is 5.87. The van der Waals surface area contributed by atoms with Crippen LogP contribution in [-0.2, 0) is 5.41 Å². The molecule has 0 saturated carbocycles. The monoisotopic (exact) mass is 858 g/mol. The molecule has 0 saturated heterocycles. The SMILES string of the molecule is c1ccc(-c2cccc(N(c3ccccc3)c3cccc4c3C3(c5ccccc5-c5ccc(-c6ccc(N(c7ccccc7)c7ccccc7)cc6)cc53)c3sc5ccccc5c3-4)c2)cc1. The van der Waals surface area contributed by atoms with E-state index in [0.29, 0.717) is 0 Å². The summed E-state index contributed by atoms with van der Waals surface area (Å²) in [6.07, 6.45) is 0. The number of rotatable bonds is 8. The molecule has 0 radical (unpaired) electrons. The van der Waals surface area contributed by atoms with Crippen LogP contribution in [0.4, 0.5) is 34.1 Å². The van der Waals surface area contributed by atoms with Crippen LogP contribution in [0, 0.1) is 0 Å². The molecule has 2 aliphatic carbocycles. The predicted octanol–water partition coefficient (Wildman–Crippen LogP) is 17.5. The third-order valence-electron chi connectivity index (χ3n) is 13.6. The minimum absolute atomic E-state index is 0.589. The average molecular weight is 859 g/mol. The van der Waals surface area contributed by atoms with Crippen LogP contribution in [0.25, 0.3) is 54.6 Å². The van der Waals surface area contributed by atoms with Crippen molar-refractivity contribution in [1.82, 2.24) is 0 Å². The molecular weight excluding hydrogens is 817 g/mol. The normalized spacial score (nSPS) is 14.1. The number of thiophene rings is 1. The number of nitrogens with zero attached hydrogens (tertiary/aromatic N) is 2. The number of anilines is 6. The first-order valence-corrected chi connectivity index (χ1v) is 23.5. The van der Waals surface area contributed by atoms with Crippen LogP contribution in [0.15, 0.2) is 255 Å². The van der Waals surface area contributed by atoms with Crippen molar-refractivity contribution in [2.24, 2.45) is 0 Å². The van der Waals surface area contributed by atoms with Gasteiger partial charge in [0.05, 0.1) is 11.1 Å². The fourth-order valence-corrected chi connectivity index (χ4v) is 12.3. The molecule has 1 spiro atoms. The fraction of sp³-hybridized carbons (Fsp3) is 0.0159. The second kappa shape index (κ2) is 15.5. The summed E-state index contributed by atoms with van der Waals surface area (Å²) in [4.78, 5) is 6.21. The zero-order valence-electron chi connectivity index (χ0n) is 36.1. The van der Waals surface area contributed by atoms with Gasteiger partial charge in [-0.15, -0.1) is 11.3 Å². The molecule has 13 rings (SSSR count). The van der Waals surface area contributed by atoms with Gasteiger partial charge in [0.2, 0.25) is 0 Å². The van der Waals surface area contributed by atoms with Gasteiger partial charge in [-0.2, -0.15) is 0 Å². The molecule has 0 amide bonds. The lowest BCUT2D eigenvalue weighted by Crippen LogP contribution is -2.27. The van der Waals surface area contributed by atoms with E-state index in [1.165, 1.54) is 81.8 Å². The molecule has 10 aromatic carbocycles. The van der Waals surface area contributed by atoms with Crippen molar-refractivity contribution in [3.8, 4) is 44.5 Å². The van der Waals surface area contributed by atoms with Crippen LogP contribution in [0.1, 0.15) is 21.6 Å². The maximum Gasteiger partial charge on any atom is 0.0840 e. The summed E-state index contributed by atoms with van der Waals surface area (Å²) in [7, 11) is 0. The molecule has 0 fully saturated rings. The Morgan fingerprint density at radius 3 is 1.55 bits per heavy atom. The number of fused-ring (bicyclic) bond motifs is 12. The summed E-state index contributed by atoms with van der Waals surface area (Å²) < 4.78 is 1.31. The van der Waals surface area contributed by atoms with Gasteiger partial charge in [0, 0.05) is 54.5 Å². The molecule has 2 nitrogen and oxygen atoms in total. The zero-order chi connectivity index (χ0) is 43.6. The average Bonchev–Trinajstić information content (AvgIpc) is 4.02. The van der Waals surface area contributed by atoms with Crippen LogP contribution in [-0.4, -0.2) is 0 Å². The highest BCUT2D eigenvalue weighted by molar-refractivity contribution is 7.20. The number of para-hydroxylation sites is 3. The number of benzene rings is 10. The van der Waals surface area contributed by atoms with Crippen molar-refractivity contribution >= 4 is 55.5 Å². The molecule has 0 N–H and O–H groups in total. The van der Waals surface area contributed by atoms with Crippen LogP contribution in [0.2, 0.25) is 0 Å². The predicted molar refractivity (Wildman–Crippen MR) is 278 cm³/mol. The Kier molecular flexibility index (Phi) is 8.97. The Morgan fingerprint density at radius 1 is 0.318 bits per heavy atom. The Morgan fingerprint density at radius 2 is 0.818 bits per heavy atom. The van der Waals surface area contributed by atoms with Gasteiger partial charge in [-0.1, -0.05) is 176 Å². The quantitative estimate of drug-likeness (QED) is 0.150. The Hall–Kier alpha value is -8.24. The molecule has 3 heteroatoms. The first-order valence-electron chi connectivity index (χ1n) is 22.7. The summed E-state index contributed by atoms with van der Waals surface area (Å²) >= 11 is 1.96. The minimum Gasteiger partial charge on any atom is -0.311 e. The van der Waals surface area contributed by atoms with Crippen molar-refractivity contribution < 1.29 is 0 Å².